The first kappa shape index (κ1) is 16.1. The Morgan fingerprint density at radius 2 is 1.78 bits per heavy atom. The average Bonchev–Trinajstić information content (AvgIpc) is 2.54. The molecule has 0 saturated carbocycles. The first-order valence-corrected chi connectivity index (χ1v) is 7.67. The van der Waals surface area contributed by atoms with Crippen molar-refractivity contribution in [2.24, 2.45) is 0 Å². The van der Waals surface area contributed by atoms with Crippen LogP contribution in [0.5, 0.6) is 17.2 Å². The Labute approximate surface area is 146 Å². The second-order valence-corrected chi connectivity index (χ2v) is 5.84. The highest BCUT2D eigenvalue weighted by atomic mass is 35.5. The lowest BCUT2D eigenvalue weighted by atomic mass is 10.2. The maximum atomic E-state index is 11.9. The van der Waals surface area contributed by atoms with E-state index in [0.717, 1.165) is 0 Å². The van der Waals surface area contributed by atoms with Crippen molar-refractivity contribution in [3.05, 3.63) is 56.9 Å². The number of methoxy groups -OCH3 is 1. The molecule has 1 aromatic heterocycles. The zero-order valence-corrected chi connectivity index (χ0v) is 14.2. The number of hydrogen-bond donors (Lipinski definition) is 1. The Hall–Kier alpha value is -1.82. The number of ether oxygens (including phenoxy) is 2. The predicted molar refractivity (Wildman–Crippen MR) is 92.8 cm³/mol. The maximum absolute atomic E-state index is 11.9. The fraction of sp³-hybridized carbons (Fsp3) is 0.0625. The number of para-hydroxylation sites is 1. The molecule has 0 radical (unpaired) electrons. The molecule has 0 fully saturated rings. The van der Waals surface area contributed by atoms with Crippen LogP contribution in [0, 0.1) is 0 Å². The van der Waals surface area contributed by atoms with Crippen LogP contribution in [0.4, 0.5) is 0 Å². The zero-order chi connectivity index (χ0) is 16.6. The highest BCUT2D eigenvalue weighted by Gasteiger charge is 2.17. The molecule has 0 aliphatic carbocycles. The second kappa shape index (κ2) is 6.35. The third-order valence-electron chi connectivity index (χ3n) is 3.17. The molecule has 0 aliphatic heterocycles. The quantitative estimate of drug-likeness (QED) is 0.510. The molecule has 3 rings (SSSR count). The lowest BCUT2D eigenvalue weighted by molar-refractivity contribution is 0.414. The van der Waals surface area contributed by atoms with Gasteiger partial charge in [-0.05, 0) is 30.3 Å². The minimum Gasteiger partial charge on any atom is -0.497 e. The van der Waals surface area contributed by atoms with Crippen LogP contribution in [0.2, 0.25) is 10.0 Å². The average molecular weight is 369 g/mol. The molecule has 0 aliphatic rings. The smallest absolute Gasteiger partial charge is 0.353 e. The molecule has 0 amide bonds. The van der Waals surface area contributed by atoms with Gasteiger partial charge in [0, 0.05) is 0 Å². The molecule has 0 atom stereocenters. The van der Waals surface area contributed by atoms with E-state index in [2.05, 4.69) is 12.6 Å². The van der Waals surface area contributed by atoms with Gasteiger partial charge in [-0.3, -0.25) is 0 Å². The van der Waals surface area contributed by atoms with Gasteiger partial charge < -0.3 is 13.9 Å². The first-order valence-electron chi connectivity index (χ1n) is 6.47. The molecular formula is C16H10Cl2O4S. The standard InChI is InChI=1S/C16H10Cl2O4S/c1-20-8-5-6-12-9(7-8)13(15(23)16(19)21-12)22-14-10(17)3-2-4-11(14)18/h2-7,23H,1H3. The third-order valence-corrected chi connectivity index (χ3v) is 4.15. The van der Waals surface area contributed by atoms with Gasteiger partial charge in [0.25, 0.3) is 0 Å². The van der Waals surface area contributed by atoms with Gasteiger partial charge >= 0.3 is 5.63 Å². The lowest BCUT2D eigenvalue weighted by Gasteiger charge is -2.13. The van der Waals surface area contributed by atoms with E-state index in [-0.39, 0.29) is 16.4 Å². The number of benzene rings is 2. The van der Waals surface area contributed by atoms with Crippen LogP contribution >= 0.6 is 35.8 Å². The lowest BCUT2D eigenvalue weighted by Crippen LogP contribution is -2.03. The van der Waals surface area contributed by atoms with Crippen molar-refractivity contribution < 1.29 is 13.9 Å². The largest absolute Gasteiger partial charge is 0.497 e. The van der Waals surface area contributed by atoms with Crippen molar-refractivity contribution in [1.29, 1.82) is 0 Å². The summed E-state index contributed by atoms with van der Waals surface area (Å²) in [6.45, 7) is 0. The van der Waals surface area contributed by atoms with E-state index in [4.69, 9.17) is 37.1 Å². The van der Waals surface area contributed by atoms with Gasteiger partial charge in [0.05, 0.1) is 22.5 Å². The Bertz CT molecular complexity index is 932. The Morgan fingerprint density at radius 3 is 2.43 bits per heavy atom. The van der Waals surface area contributed by atoms with Crippen molar-refractivity contribution >= 4 is 46.8 Å². The molecule has 23 heavy (non-hydrogen) atoms. The molecular weight excluding hydrogens is 359 g/mol. The summed E-state index contributed by atoms with van der Waals surface area (Å²) in [6, 6.07) is 9.93. The van der Waals surface area contributed by atoms with Crippen molar-refractivity contribution in [3.8, 4) is 17.2 Å². The first-order chi connectivity index (χ1) is 11.0. The molecule has 1 heterocycles. The molecule has 7 heteroatoms. The monoisotopic (exact) mass is 368 g/mol. The third kappa shape index (κ3) is 3.00. The topological polar surface area (TPSA) is 48.7 Å². The van der Waals surface area contributed by atoms with Gasteiger partial charge in [-0.25, -0.2) is 4.79 Å². The van der Waals surface area contributed by atoms with Crippen molar-refractivity contribution in [3.63, 3.8) is 0 Å². The summed E-state index contributed by atoms with van der Waals surface area (Å²) >= 11 is 16.4. The van der Waals surface area contributed by atoms with Gasteiger partial charge in [-0.2, -0.15) is 0 Å². The highest BCUT2D eigenvalue weighted by molar-refractivity contribution is 7.80. The fourth-order valence-electron chi connectivity index (χ4n) is 2.06. The van der Waals surface area contributed by atoms with E-state index in [1.54, 1.807) is 36.4 Å². The molecule has 4 nitrogen and oxygen atoms in total. The van der Waals surface area contributed by atoms with Crippen LogP contribution < -0.4 is 15.1 Å². The molecule has 118 valence electrons. The summed E-state index contributed by atoms with van der Waals surface area (Å²) < 4.78 is 16.2. The van der Waals surface area contributed by atoms with Gasteiger partial charge in [0.15, 0.2) is 11.5 Å². The summed E-state index contributed by atoms with van der Waals surface area (Å²) in [5, 5.41) is 1.15. The summed E-state index contributed by atoms with van der Waals surface area (Å²) in [6.07, 6.45) is 0. The maximum Gasteiger partial charge on any atom is 0.353 e. The van der Waals surface area contributed by atoms with Crippen LogP contribution in [0.1, 0.15) is 0 Å². The molecule has 0 N–H and O–H groups in total. The molecule has 0 spiro atoms. The van der Waals surface area contributed by atoms with E-state index in [1.165, 1.54) is 7.11 Å². The predicted octanol–water partition coefficient (Wildman–Crippen LogP) is 5.19. The van der Waals surface area contributed by atoms with Gasteiger partial charge in [0.1, 0.15) is 16.2 Å². The normalized spacial score (nSPS) is 10.8. The fourth-order valence-corrected chi connectivity index (χ4v) is 2.74. The molecule has 3 aromatic rings. The summed E-state index contributed by atoms with van der Waals surface area (Å²) in [5.41, 5.74) is -0.282. The van der Waals surface area contributed by atoms with Crippen LogP contribution in [-0.2, 0) is 0 Å². The van der Waals surface area contributed by atoms with E-state index in [1.807, 2.05) is 0 Å². The Morgan fingerprint density at radius 1 is 1.09 bits per heavy atom. The molecule has 0 unspecified atom stereocenters. The number of rotatable bonds is 3. The number of halogens is 2. The minimum atomic E-state index is -0.621. The SMILES string of the molecule is COc1ccc2oc(=O)c(S)c(Oc3c(Cl)cccc3Cl)c2c1. The van der Waals surface area contributed by atoms with Crippen LogP contribution in [0.25, 0.3) is 11.0 Å². The van der Waals surface area contributed by atoms with Crippen molar-refractivity contribution in [2.45, 2.75) is 4.90 Å². The molecule has 0 bridgehead atoms. The van der Waals surface area contributed by atoms with Gasteiger partial charge in [0.2, 0.25) is 0 Å². The van der Waals surface area contributed by atoms with Crippen molar-refractivity contribution in [2.75, 3.05) is 7.11 Å². The van der Waals surface area contributed by atoms with E-state index in [9.17, 15) is 4.79 Å². The second-order valence-electron chi connectivity index (χ2n) is 4.58. The molecule has 0 saturated heterocycles. The van der Waals surface area contributed by atoms with Crippen LogP contribution in [0.15, 0.2) is 50.5 Å². The number of fused-ring (bicyclic) bond motifs is 1. The summed E-state index contributed by atoms with van der Waals surface area (Å²) in [5.74, 6) is 1.02. The summed E-state index contributed by atoms with van der Waals surface area (Å²) in [7, 11) is 1.54. The van der Waals surface area contributed by atoms with E-state index < -0.39 is 5.63 Å². The highest BCUT2D eigenvalue weighted by Crippen LogP contribution is 2.41. The van der Waals surface area contributed by atoms with E-state index in [0.29, 0.717) is 26.8 Å². The van der Waals surface area contributed by atoms with Crippen LogP contribution in [0.3, 0.4) is 0 Å². The van der Waals surface area contributed by atoms with Crippen LogP contribution in [-0.4, -0.2) is 7.11 Å². The van der Waals surface area contributed by atoms with Crippen molar-refractivity contribution in [1.82, 2.24) is 0 Å². The molecule has 2 aromatic carbocycles. The minimum absolute atomic E-state index is 0.0155. The van der Waals surface area contributed by atoms with Gasteiger partial charge in [-0.15, -0.1) is 12.6 Å². The Balaban J connectivity index is 2.27. The number of hydrogen-bond acceptors (Lipinski definition) is 5. The van der Waals surface area contributed by atoms with Gasteiger partial charge in [-0.1, -0.05) is 29.3 Å². The summed E-state index contributed by atoms with van der Waals surface area (Å²) in [4.78, 5) is 12.0. The van der Waals surface area contributed by atoms with E-state index >= 15 is 0 Å². The zero-order valence-electron chi connectivity index (χ0n) is 11.8. The Kier molecular flexibility index (Phi) is 4.43. The number of thiol groups is 1.